The third-order valence-corrected chi connectivity index (χ3v) is 1.73. The van der Waals surface area contributed by atoms with Crippen LogP contribution in [0.5, 0.6) is 0 Å². The van der Waals surface area contributed by atoms with Crippen LogP contribution in [0.4, 0.5) is 0 Å². The van der Waals surface area contributed by atoms with Gasteiger partial charge in [-0.1, -0.05) is 11.6 Å². The molecule has 0 saturated carbocycles. The number of ether oxygens (including phenoxy) is 1. The average molecular weight is 216 g/mol. The molecule has 0 aliphatic heterocycles. The van der Waals surface area contributed by atoms with Crippen molar-refractivity contribution in [3.8, 4) is 0 Å². The van der Waals surface area contributed by atoms with Crippen molar-refractivity contribution in [1.82, 2.24) is 5.32 Å². The first-order valence-electron chi connectivity index (χ1n) is 4.01. The summed E-state index contributed by atoms with van der Waals surface area (Å²) in [5, 5.41) is 2.79. The number of rotatable bonds is 3. The highest BCUT2D eigenvalue weighted by Crippen LogP contribution is 2.14. The quantitative estimate of drug-likeness (QED) is 0.326. The predicted molar refractivity (Wildman–Crippen MR) is 51.6 cm³/mol. The van der Waals surface area contributed by atoms with Gasteiger partial charge in [-0.15, -0.1) is 0 Å². The summed E-state index contributed by atoms with van der Waals surface area (Å²) in [6, 6.07) is 0. The van der Waals surface area contributed by atoms with E-state index >= 15 is 0 Å². The van der Waals surface area contributed by atoms with E-state index in [4.69, 9.17) is 16.3 Å². The Morgan fingerprint density at radius 1 is 1.36 bits per heavy atom. The molecule has 1 unspecified atom stereocenters. The van der Waals surface area contributed by atoms with Gasteiger partial charge in [-0.25, -0.2) is 0 Å². The van der Waals surface area contributed by atoms with Gasteiger partial charge >= 0.3 is 0 Å². The molecule has 0 aromatic carbocycles. The Labute approximate surface area is 86.6 Å². The van der Waals surface area contributed by atoms with E-state index in [9.17, 15) is 9.59 Å². The third-order valence-electron chi connectivity index (χ3n) is 1.62. The van der Waals surface area contributed by atoms with Crippen LogP contribution < -0.4 is 5.32 Å². The van der Waals surface area contributed by atoms with Crippen molar-refractivity contribution in [2.24, 2.45) is 0 Å². The molecule has 0 aromatic heterocycles. The van der Waals surface area contributed by atoms with Crippen molar-refractivity contribution >= 4 is 23.2 Å². The van der Waals surface area contributed by atoms with Crippen molar-refractivity contribution in [3.05, 3.63) is 23.6 Å². The van der Waals surface area contributed by atoms with E-state index < -0.39 is 11.6 Å². The molecule has 0 spiro atoms. The van der Waals surface area contributed by atoms with E-state index in [0.717, 1.165) is 6.08 Å². The second-order valence-corrected chi connectivity index (χ2v) is 3.41. The maximum Gasteiger partial charge on any atom is 0.229 e. The average Bonchev–Trinajstić information content (AvgIpc) is 2.10. The Morgan fingerprint density at radius 2 is 1.93 bits per heavy atom. The highest BCUT2D eigenvalue weighted by molar-refractivity contribution is 6.46. The van der Waals surface area contributed by atoms with Gasteiger partial charge in [-0.2, -0.15) is 0 Å². The number of carbonyl (C=O) groups is 2. The predicted octanol–water partition coefficient (Wildman–Crippen LogP) is 0.727. The standard InChI is InChI=1S/C9H10ClNO3/c1-5(10)11-6-3-7(12)8(13)4-9(6)14-2/h3-5,11H,1-2H3. The van der Waals surface area contributed by atoms with E-state index in [2.05, 4.69) is 5.32 Å². The summed E-state index contributed by atoms with van der Waals surface area (Å²) < 4.78 is 4.92. The highest BCUT2D eigenvalue weighted by Gasteiger charge is 2.21. The Bertz CT molecular complexity index is 331. The third kappa shape index (κ3) is 2.35. The normalized spacial score (nSPS) is 18.5. The molecule has 1 aliphatic carbocycles. The van der Waals surface area contributed by atoms with Crippen LogP contribution in [0.25, 0.3) is 0 Å². The van der Waals surface area contributed by atoms with Crippen LogP contribution in [0.3, 0.4) is 0 Å². The van der Waals surface area contributed by atoms with Gasteiger partial charge in [-0.05, 0) is 6.92 Å². The Kier molecular flexibility index (Phi) is 3.30. The van der Waals surface area contributed by atoms with Crippen LogP contribution in [0.2, 0.25) is 0 Å². The van der Waals surface area contributed by atoms with Crippen LogP contribution in [0.15, 0.2) is 23.6 Å². The number of hydrogen-bond donors (Lipinski definition) is 1. The van der Waals surface area contributed by atoms with Crippen LogP contribution >= 0.6 is 11.6 Å². The van der Waals surface area contributed by atoms with Crippen molar-refractivity contribution in [1.29, 1.82) is 0 Å². The first-order chi connectivity index (χ1) is 6.54. The summed E-state index contributed by atoms with van der Waals surface area (Å²) >= 11 is 5.69. The number of allylic oxidation sites excluding steroid dienone is 2. The van der Waals surface area contributed by atoms with E-state index in [1.807, 2.05) is 0 Å². The van der Waals surface area contributed by atoms with Gasteiger partial charge in [0.15, 0.2) is 0 Å². The maximum atomic E-state index is 11.0. The molecule has 0 bridgehead atoms. The summed E-state index contributed by atoms with van der Waals surface area (Å²) in [4.78, 5) is 22.0. The van der Waals surface area contributed by atoms with Crippen molar-refractivity contribution < 1.29 is 14.3 Å². The van der Waals surface area contributed by atoms with Crippen molar-refractivity contribution in [2.45, 2.75) is 12.4 Å². The van der Waals surface area contributed by atoms with E-state index in [1.165, 1.54) is 13.2 Å². The Balaban J connectivity index is 2.91. The summed E-state index contributed by atoms with van der Waals surface area (Å²) in [5.74, 6) is -0.845. The zero-order valence-corrected chi connectivity index (χ0v) is 8.59. The lowest BCUT2D eigenvalue weighted by atomic mass is 10.1. The van der Waals surface area contributed by atoms with E-state index in [0.29, 0.717) is 11.5 Å². The topological polar surface area (TPSA) is 55.4 Å². The summed E-state index contributed by atoms with van der Waals surface area (Å²) in [5.41, 5.74) is 0.0837. The number of carbonyl (C=O) groups excluding carboxylic acids is 2. The SMILES string of the molecule is COC1=CC(=O)C(=O)C=C1NC(C)Cl. The molecule has 0 fully saturated rings. The van der Waals surface area contributed by atoms with Gasteiger partial charge in [0.05, 0.1) is 18.3 Å². The van der Waals surface area contributed by atoms with Gasteiger partial charge in [-0.3, -0.25) is 9.59 Å². The minimum Gasteiger partial charge on any atom is -0.494 e. The zero-order valence-electron chi connectivity index (χ0n) is 7.83. The molecule has 0 aromatic rings. The van der Waals surface area contributed by atoms with Gasteiger partial charge in [0, 0.05) is 12.2 Å². The molecule has 0 heterocycles. The lowest BCUT2D eigenvalue weighted by molar-refractivity contribution is -0.131. The molecule has 1 atom stereocenters. The number of hydrogen-bond acceptors (Lipinski definition) is 4. The fourth-order valence-corrected chi connectivity index (χ4v) is 1.15. The molecule has 0 amide bonds. The maximum absolute atomic E-state index is 11.0. The number of ketones is 2. The number of methoxy groups -OCH3 is 1. The molecular weight excluding hydrogens is 206 g/mol. The Morgan fingerprint density at radius 3 is 2.43 bits per heavy atom. The summed E-state index contributed by atoms with van der Waals surface area (Å²) in [6.45, 7) is 1.70. The summed E-state index contributed by atoms with van der Waals surface area (Å²) in [7, 11) is 1.42. The fraction of sp³-hybridized carbons (Fsp3) is 0.333. The monoisotopic (exact) mass is 215 g/mol. The fourth-order valence-electron chi connectivity index (χ4n) is 1.04. The van der Waals surface area contributed by atoms with Gasteiger partial charge in [0.1, 0.15) is 5.76 Å². The van der Waals surface area contributed by atoms with Crippen LogP contribution in [0.1, 0.15) is 6.92 Å². The molecule has 1 N–H and O–H groups in total. The molecule has 0 saturated heterocycles. The van der Waals surface area contributed by atoms with Gasteiger partial charge < -0.3 is 10.1 Å². The molecule has 0 radical (unpaired) electrons. The lowest BCUT2D eigenvalue weighted by Gasteiger charge is -2.16. The van der Waals surface area contributed by atoms with Gasteiger partial charge in [0.25, 0.3) is 0 Å². The van der Waals surface area contributed by atoms with Crippen LogP contribution in [-0.4, -0.2) is 24.2 Å². The van der Waals surface area contributed by atoms with Crippen molar-refractivity contribution in [2.75, 3.05) is 7.11 Å². The molecular formula is C9H10ClNO3. The highest BCUT2D eigenvalue weighted by atomic mass is 35.5. The van der Waals surface area contributed by atoms with Crippen LogP contribution in [-0.2, 0) is 14.3 Å². The number of halogens is 1. The minimum absolute atomic E-state index is 0.321. The first kappa shape index (κ1) is 10.8. The first-order valence-corrected chi connectivity index (χ1v) is 4.45. The summed E-state index contributed by atoms with van der Waals surface area (Å²) in [6.07, 6.45) is 2.32. The second-order valence-electron chi connectivity index (χ2n) is 2.76. The second kappa shape index (κ2) is 4.28. The molecule has 76 valence electrons. The lowest BCUT2D eigenvalue weighted by Crippen LogP contribution is -2.27. The molecule has 1 aliphatic rings. The Hall–Kier alpha value is -1.29. The van der Waals surface area contributed by atoms with Gasteiger partial charge in [0.2, 0.25) is 11.6 Å². The van der Waals surface area contributed by atoms with Crippen molar-refractivity contribution in [3.63, 3.8) is 0 Å². The number of nitrogens with one attached hydrogen (secondary N) is 1. The van der Waals surface area contributed by atoms with E-state index in [-0.39, 0.29) is 5.50 Å². The zero-order chi connectivity index (χ0) is 10.7. The van der Waals surface area contributed by atoms with Crippen LogP contribution in [0, 0.1) is 0 Å². The molecule has 5 heteroatoms. The molecule has 14 heavy (non-hydrogen) atoms. The largest absolute Gasteiger partial charge is 0.494 e. The smallest absolute Gasteiger partial charge is 0.229 e. The molecule has 4 nitrogen and oxygen atoms in total. The molecule has 1 rings (SSSR count). The number of alkyl halides is 1. The minimum atomic E-state index is -0.588. The van der Waals surface area contributed by atoms with E-state index in [1.54, 1.807) is 6.92 Å².